The van der Waals surface area contributed by atoms with E-state index in [0.717, 1.165) is 24.8 Å². The number of carbonyl (C=O) groups is 1. The van der Waals surface area contributed by atoms with Gasteiger partial charge in [0.25, 0.3) is 0 Å². The summed E-state index contributed by atoms with van der Waals surface area (Å²) in [6.45, 7) is 1.65. The summed E-state index contributed by atoms with van der Waals surface area (Å²) in [7, 11) is 0. The fraction of sp³-hybridized carbons (Fsp3) is 0.500. The molecule has 0 unspecified atom stereocenters. The maximum atomic E-state index is 10.9. The number of Topliss-reactive ketones (excluding diaryl/α,β-unsaturated/α-hetero) is 1. The van der Waals surface area contributed by atoms with Crippen LogP contribution in [0.25, 0.3) is 0 Å². The van der Waals surface area contributed by atoms with E-state index in [0.29, 0.717) is 0 Å². The van der Waals surface area contributed by atoms with E-state index in [9.17, 15) is 4.79 Å². The third-order valence-electron chi connectivity index (χ3n) is 2.17. The molecule has 0 fully saturated rings. The minimum atomic E-state index is 0.229. The highest BCUT2D eigenvalue weighted by Gasteiger charge is 2.16. The monoisotopic (exact) mass is 148 g/mol. The largest absolute Gasteiger partial charge is 0.300 e. The highest BCUT2D eigenvalue weighted by atomic mass is 16.1. The van der Waals surface area contributed by atoms with Crippen molar-refractivity contribution in [3.05, 3.63) is 11.6 Å². The molecule has 0 bridgehead atoms. The molecule has 0 aromatic carbocycles. The molecule has 58 valence electrons. The van der Waals surface area contributed by atoms with Gasteiger partial charge < -0.3 is 0 Å². The lowest BCUT2D eigenvalue weighted by atomic mass is 9.87. The van der Waals surface area contributed by atoms with Gasteiger partial charge in [-0.1, -0.05) is 12.0 Å². The lowest BCUT2D eigenvalue weighted by molar-refractivity contribution is -0.120. The van der Waals surface area contributed by atoms with Gasteiger partial charge in [0.1, 0.15) is 5.78 Å². The highest BCUT2D eigenvalue weighted by Crippen LogP contribution is 2.23. The van der Waals surface area contributed by atoms with Crippen molar-refractivity contribution in [2.45, 2.75) is 26.2 Å². The van der Waals surface area contributed by atoms with Crippen LogP contribution in [0.15, 0.2) is 11.6 Å². The third kappa shape index (κ3) is 1.94. The molecular formula is C10H12O. The maximum absolute atomic E-state index is 10.9. The van der Waals surface area contributed by atoms with Crippen LogP contribution in [-0.4, -0.2) is 5.78 Å². The van der Waals surface area contributed by atoms with Gasteiger partial charge in [-0.2, -0.15) is 0 Å². The van der Waals surface area contributed by atoms with Crippen molar-refractivity contribution in [2.75, 3.05) is 0 Å². The summed E-state index contributed by atoms with van der Waals surface area (Å²) in [6.07, 6.45) is 9.91. The van der Waals surface area contributed by atoms with Gasteiger partial charge >= 0.3 is 0 Å². The Labute approximate surface area is 67.5 Å². The molecule has 0 amide bonds. The predicted octanol–water partition coefficient (Wildman–Crippen LogP) is 1.94. The van der Waals surface area contributed by atoms with Crippen molar-refractivity contribution >= 4 is 5.78 Å². The van der Waals surface area contributed by atoms with Crippen LogP contribution in [0, 0.1) is 18.3 Å². The highest BCUT2D eigenvalue weighted by molar-refractivity contribution is 5.78. The molecule has 0 aliphatic heterocycles. The summed E-state index contributed by atoms with van der Waals surface area (Å²) in [5.74, 6) is 3.13. The van der Waals surface area contributed by atoms with Gasteiger partial charge in [-0.15, -0.1) is 6.42 Å². The van der Waals surface area contributed by atoms with Gasteiger partial charge in [0.05, 0.1) is 0 Å². The number of rotatable bonds is 1. The fourth-order valence-electron chi connectivity index (χ4n) is 1.33. The van der Waals surface area contributed by atoms with Gasteiger partial charge in [-0.05, 0) is 31.8 Å². The first-order chi connectivity index (χ1) is 5.24. The average molecular weight is 148 g/mol. The Hall–Kier alpha value is -1.03. The maximum Gasteiger partial charge on any atom is 0.133 e. The zero-order valence-corrected chi connectivity index (χ0v) is 6.76. The molecule has 1 heteroatoms. The van der Waals surface area contributed by atoms with Crippen molar-refractivity contribution in [3.8, 4) is 12.3 Å². The van der Waals surface area contributed by atoms with Crippen LogP contribution in [-0.2, 0) is 4.79 Å². The Balaban J connectivity index is 2.56. The van der Waals surface area contributed by atoms with E-state index < -0.39 is 0 Å². The summed E-state index contributed by atoms with van der Waals surface area (Å²) in [6, 6.07) is 0. The molecule has 1 nitrogen and oxygen atoms in total. The van der Waals surface area contributed by atoms with Crippen LogP contribution < -0.4 is 0 Å². The summed E-state index contributed by atoms with van der Waals surface area (Å²) >= 11 is 0. The molecule has 1 atom stereocenters. The SMILES string of the molecule is C#CC1=CC[C@@H](C(C)=O)CC1. The molecule has 0 radical (unpaired) electrons. The van der Waals surface area contributed by atoms with Crippen molar-refractivity contribution in [2.24, 2.45) is 5.92 Å². The second-order valence-corrected chi connectivity index (χ2v) is 2.96. The van der Waals surface area contributed by atoms with Crippen molar-refractivity contribution in [1.29, 1.82) is 0 Å². The zero-order valence-electron chi connectivity index (χ0n) is 6.76. The molecule has 1 rings (SSSR count). The third-order valence-corrected chi connectivity index (χ3v) is 2.17. The standard InChI is InChI=1S/C10H12O/c1-3-9-4-6-10(7-5-9)8(2)11/h1,4,10H,5-7H2,2H3/t10-/m1/s1. The predicted molar refractivity (Wildman–Crippen MR) is 44.9 cm³/mol. The molecule has 1 aliphatic rings. The van der Waals surface area contributed by atoms with Gasteiger partial charge in [0.15, 0.2) is 0 Å². The first kappa shape index (κ1) is 8.07. The molecule has 0 N–H and O–H groups in total. The topological polar surface area (TPSA) is 17.1 Å². The average Bonchev–Trinajstić information content (AvgIpc) is 2.05. The van der Waals surface area contributed by atoms with Crippen LogP contribution >= 0.6 is 0 Å². The number of terminal acetylenes is 1. The molecule has 0 aromatic heterocycles. The van der Waals surface area contributed by atoms with Crippen molar-refractivity contribution in [1.82, 2.24) is 0 Å². The van der Waals surface area contributed by atoms with Crippen molar-refractivity contribution in [3.63, 3.8) is 0 Å². The van der Waals surface area contributed by atoms with Crippen LogP contribution in [0.3, 0.4) is 0 Å². The van der Waals surface area contributed by atoms with E-state index in [-0.39, 0.29) is 11.7 Å². The lowest BCUT2D eigenvalue weighted by Crippen LogP contribution is -2.13. The van der Waals surface area contributed by atoms with E-state index in [1.54, 1.807) is 6.92 Å². The van der Waals surface area contributed by atoms with Gasteiger partial charge in [0.2, 0.25) is 0 Å². The minimum Gasteiger partial charge on any atom is -0.300 e. The van der Waals surface area contributed by atoms with Gasteiger partial charge in [-0.3, -0.25) is 4.79 Å². The molecular weight excluding hydrogens is 136 g/mol. The second-order valence-electron chi connectivity index (χ2n) is 2.96. The number of ketones is 1. The number of carbonyl (C=O) groups excluding carboxylic acids is 1. The quantitative estimate of drug-likeness (QED) is 0.519. The Bertz CT molecular complexity index is 230. The summed E-state index contributed by atoms with van der Waals surface area (Å²) in [5, 5.41) is 0. The molecule has 0 heterocycles. The minimum absolute atomic E-state index is 0.229. The molecule has 1 aliphatic carbocycles. The smallest absolute Gasteiger partial charge is 0.133 e. The van der Waals surface area contributed by atoms with E-state index in [1.807, 2.05) is 6.08 Å². The van der Waals surface area contributed by atoms with Gasteiger partial charge in [0, 0.05) is 5.92 Å². The normalized spacial score (nSPS) is 23.6. The first-order valence-corrected chi connectivity index (χ1v) is 3.90. The number of hydrogen-bond donors (Lipinski definition) is 0. The van der Waals surface area contributed by atoms with E-state index in [2.05, 4.69) is 5.92 Å². The first-order valence-electron chi connectivity index (χ1n) is 3.90. The summed E-state index contributed by atoms with van der Waals surface area (Å²) < 4.78 is 0. The number of allylic oxidation sites excluding steroid dienone is 2. The van der Waals surface area contributed by atoms with E-state index >= 15 is 0 Å². The molecule has 0 aromatic rings. The summed E-state index contributed by atoms with van der Waals surface area (Å²) in [4.78, 5) is 10.9. The Morgan fingerprint density at radius 2 is 2.55 bits per heavy atom. The van der Waals surface area contributed by atoms with E-state index in [4.69, 9.17) is 6.42 Å². The Kier molecular flexibility index (Phi) is 2.48. The molecule has 0 saturated heterocycles. The molecule has 0 spiro atoms. The van der Waals surface area contributed by atoms with Crippen LogP contribution in [0.1, 0.15) is 26.2 Å². The zero-order chi connectivity index (χ0) is 8.27. The number of hydrogen-bond acceptors (Lipinski definition) is 1. The van der Waals surface area contributed by atoms with Crippen LogP contribution in [0.4, 0.5) is 0 Å². The lowest BCUT2D eigenvalue weighted by Gasteiger charge is -2.16. The second kappa shape index (κ2) is 3.39. The Morgan fingerprint density at radius 3 is 2.91 bits per heavy atom. The van der Waals surface area contributed by atoms with E-state index in [1.165, 1.54) is 0 Å². The molecule has 0 saturated carbocycles. The fourth-order valence-corrected chi connectivity index (χ4v) is 1.33. The van der Waals surface area contributed by atoms with Crippen LogP contribution in [0.2, 0.25) is 0 Å². The summed E-state index contributed by atoms with van der Waals surface area (Å²) in [5.41, 5.74) is 1.06. The Morgan fingerprint density at radius 1 is 1.82 bits per heavy atom. The molecule has 11 heavy (non-hydrogen) atoms. The van der Waals surface area contributed by atoms with Crippen LogP contribution in [0.5, 0.6) is 0 Å². The van der Waals surface area contributed by atoms with Gasteiger partial charge in [-0.25, -0.2) is 0 Å². The van der Waals surface area contributed by atoms with Crippen molar-refractivity contribution < 1.29 is 4.79 Å².